The molecule has 1 rings (SSSR count). The van der Waals surface area contributed by atoms with Crippen LogP contribution in [-0.4, -0.2) is 24.3 Å². The highest BCUT2D eigenvalue weighted by atomic mass is 31.2. The largest absolute Gasteiger partial charge is 0.445 e. The van der Waals surface area contributed by atoms with Crippen molar-refractivity contribution >= 4 is 19.4 Å². The predicted molar refractivity (Wildman–Crippen MR) is 73.3 cm³/mol. The number of carbonyl (C=O) groups excluding carboxylic acids is 1. The summed E-state index contributed by atoms with van der Waals surface area (Å²) >= 11 is 0. The van der Waals surface area contributed by atoms with Crippen LogP contribution in [0.1, 0.15) is 12.5 Å². The van der Waals surface area contributed by atoms with Crippen molar-refractivity contribution in [1.82, 2.24) is 0 Å². The number of nitrogens with two attached hydrogens (primary N) is 1. The Kier molecular flexibility index (Phi) is 5.69. The minimum absolute atomic E-state index is 0.145. The Morgan fingerprint density at radius 3 is 2.67 bits per heavy atom. The summed E-state index contributed by atoms with van der Waals surface area (Å²) in [6.45, 7) is 2.76. The van der Waals surface area contributed by atoms with Crippen molar-refractivity contribution in [1.29, 1.82) is 0 Å². The molecule has 1 unspecified atom stereocenters. The van der Waals surface area contributed by atoms with Gasteiger partial charge in [0.1, 0.15) is 6.61 Å². The van der Waals surface area contributed by atoms with Crippen molar-refractivity contribution in [3.05, 3.63) is 33.9 Å². The molecular weight excluding hydrogens is 303 g/mol. The van der Waals surface area contributed by atoms with Gasteiger partial charge in [0.2, 0.25) is 5.75 Å². The van der Waals surface area contributed by atoms with Crippen molar-refractivity contribution in [3.63, 3.8) is 0 Å². The van der Waals surface area contributed by atoms with Gasteiger partial charge in [0, 0.05) is 12.7 Å². The molecule has 1 atom stereocenters. The van der Waals surface area contributed by atoms with Crippen molar-refractivity contribution in [2.24, 2.45) is 5.73 Å². The van der Waals surface area contributed by atoms with Gasteiger partial charge < -0.3 is 19.5 Å². The zero-order valence-corrected chi connectivity index (χ0v) is 12.4. The number of rotatable bonds is 7. The average molecular weight is 318 g/mol. The van der Waals surface area contributed by atoms with Gasteiger partial charge in [-0.25, -0.2) is 9.36 Å². The monoisotopic (exact) mass is 318 g/mol. The summed E-state index contributed by atoms with van der Waals surface area (Å²) < 4.78 is 26.4. The molecule has 0 fully saturated rings. The second kappa shape index (κ2) is 7.05. The fourth-order valence-electron chi connectivity index (χ4n) is 1.47. The van der Waals surface area contributed by atoms with E-state index in [2.05, 4.69) is 4.74 Å². The summed E-state index contributed by atoms with van der Waals surface area (Å²) in [5, 5.41) is 11.0. The zero-order chi connectivity index (χ0) is 16.0. The Morgan fingerprint density at radius 2 is 2.14 bits per heavy atom. The fourth-order valence-corrected chi connectivity index (χ4v) is 2.50. The number of nitro groups is 1. The van der Waals surface area contributed by atoms with E-state index in [0.29, 0.717) is 5.56 Å². The number of ether oxygens (including phenoxy) is 1. The molecule has 9 nitrogen and oxygen atoms in total. The number of carbonyl (C=O) groups is 1. The van der Waals surface area contributed by atoms with E-state index in [-0.39, 0.29) is 19.0 Å². The number of benzene rings is 1. The lowest BCUT2D eigenvalue weighted by atomic mass is 10.2. The summed E-state index contributed by atoms with van der Waals surface area (Å²) in [6, 6.07) is 3.83. The topological polar surface area (TPSA) is 131 Å². The second-order valence-electron chi connectivity index (χ2n) is 3.95. The molecule has 0 aromatic heterocycles. The van der Waals surface area contributed by atoms with Crippen LogP contribution < -0.4 is 10.3 Å². The first-order chi connectivity index (χ1) is 9.75. The zero-order valence-electron chi connectivity index (χ0n) is 11.5. The quantitative estimate of drug-likeness (QED) is 0.464. The van der Waals surface area contributed by atoms with E-state index in [9.17, 15) is 19.5 Å². The lowest BCUT2D eigenvalue weighted by Crippen LogP contribution is -2.12. The highest BCUT2D eigenvalue weighted by molar-refractivity contribution is 7.53. The summed E-state index contributed by atoms with van der Waals surface area (Å²) in [5.74, 6) is -0.192. The summed E-state index contributed by atoms with van der Waals surface area (Å²) in [5.41, 5.74) is 4.74. The van der Waals surface area contributed by atoms with E-state index in [4.69, 9.17) is 14.8 Å². The summed E-state index contributed by atoms with van der Waals surface area (Å²) in [6.07, 6.45) is -0.993. The van der Waals surface area contributed by atoms with E-state index in [1.807, 2.05) is 0 Å². The van der Waals surface area contributed by atoms with E-state index in [1.165, 1.54) is 18.8 Å². The van der Waals surface area contributed by atoms with Crippen LogP contribution >= 0.6 is 7.60 Å². The van der Waals surface area contributed by atoms with Crippen molar-refractivity contribution in [2.45, 2.75) is 13.5 Å². The van der Waals surface area contributed by atoms with Crippen LogP contribution in [0, 0.1) is 10.1 Å². The summed E-state index contributed by atoms with van der Waals surface area (Å²) in [7, 11) is -3.44. The Labute approximate surface area is 120 Å². The Balaban J connectivity index is 3.02. The third-order valence-electron chi connectivity index (χ3n) is 2.23. The van der Waals surface area contributed by atoms with Crippen molar-refractivity contribution < 1.29 is 28.1 Å². The molecule has 1 aromatic carbocycles. The van der Waals surface area contributed by atoms with Gasteiger partial charge in [-0.2, -0.15) is 0 Å². The molecule has 0 spiro atoms. The predicted octanol–water partition coefficient (Wildman–Crippen LogP) is 2.43. The van der Waals surface area contributed by atoms with Crippen LogP contribution in [0.2, 0.25) is 0 Å². The van der Waals surface area contributed by atoms with Gasteiger partial charge in [-0.05, 0) is 18.6 Å². The SMILES string of the molecule is CCOP(C)(=O)Oc1ccc(COC(N)=O)cc1[N+](=O)[O-]. The van der Waals surface area contributed by atoms with Crippen LogP contribution in [0.3, 0.4) is 0 Å². The van der Waals surface area contributed by atoms with Crippen LogP contribution in [0.4, 0.5) is 10.5 Å². The molecule has 0 saturated carbocycles. The van der Waals surface area contributed by atoms with Crippen LogP contribution in [0.15, 0.2) is 18.2 Å². The molecule has 21 heavy (non-hydrogen) atoms. The van der Waals surface area contributed by atoms with E-state index < -0.39 is 24.3 Å². The van der Waals surface area contributed by atoms with E-state index in [0.717, 1.165) is 6.07 Å². The molecule has 116 valence electrons. The first-order valence-electron chi connectivity index (χ1n) is 5.86. The minimum Gasteiger partial charge on any atom is -0.445 e. The van der Waals surface area contributed by atoms with Crippen LogP contribution in [0.5, 0.6) is 5.75 Å². The number of hydrogen-bond donors (Lipinski definition) is 1. The number of hydrogen-bond acceptors (Lipinski definition) is 7. The molecule has 1 aromatic rings. The maximum Gasteiger partial charge on any atom is 0.404 e. The molecule has 0 radical (unpaired) electrons. The summed E-state index contributed by atoms with van der Waals surface area (Å²) in [4.78, 5) is 20.8. The lowest BCUT2D eigenvalue weighted by molar-refractivity contribution is -0.385. The van der Waals surface area contributed by atoms with Crippen LogP contribution in [0.25, 0.3) is 0 Å². The Hall–Kier alpha value is -2.12. The highest BCUT2D eigenvalue weighted by Gasteiger charge is 2.24. The number of nitrogens with zero attached hydrogens (tertiary/aromatic N) is 1. The molecule has 1 amide bonds. The molecule has 0 aliphatic carbocycles. The van der Waals surface area contributed by atoms with Crippen molar-refractivity contribution in [3.8, 4) is 5.75 Å². The third-order valence-corrected chi connectivity index (χ3v) is 3.48. The highest BCUT2D eigenvalue weighted by Crippen LogP contribution is 2.46. The fraction of sp³-hybridized carbons (Fsp3) is 0.364. The molecular formula is C11H15N2O7P. The molecule has 2 N–H and O–H groups in total. The third kappa shape index (κ3) is 5.41. The normalized spacial score (nSPS) is 13.2. The molecule has 0 aliphatic heterocycles. The first-order valence-corrected chi connectivity index (χ1v) is 7.85. The van der Waals surface area contributed by atoms with E-state index in [1.54, 1.807) is 6.92 Å². The van der Waals surface area contributed by atoms with Gasteiger partial charge in [-0.15, -0.1) is 0 Å². The molecule has 10 heteroatoms. The number of primary amides is 1. The van der Waals surface area contributed by atoms with Gasteiger partial charge in [0.25, 0.3) is 0 Å². The molecule has 0 heterocycles. The van der Waals surface area contributed by atoms with Gasteiger partial charge in [0.15, 0.2) is 0 Å². The molecule has 0 saturated heterocycles. The average Bonchev–Trinajstić information content (AvgIpc) is 2.36. The Bertz CT molecular complexity index is 590. The molecule has 0 bridgehead atoms. The minimum atomic E-state index is -3.44. The standard InChI is InChI=1S/C11H15N2O7P/c1-3-19-21(2,17)20-10-5-4-8(7-18-11(12)14)6-9(10)13(15)16/h4-6H,3,7H2,1-2H3,(H2,12,14). The van der Waals surface area contributed by atoms with E-state index >= 15 is 0 Å². The lowest BCUT2D eigenvalue weighted by Gasteiger charge is -2.14. The van der Waals surface area contributed by atoms with Gasteiger partial charge >= 0.3 is 19.4 Å². The van der Waals surface area contributed by atoms with Gasteiger partial charge in [-0.1, -0.05) is 6.07 Å². The van der Waals surface area contributed by atoms with Gasteiger partial charge in [-0.3, -0.25) is 10.1 Å². The van der Waals surface area contributed by atoms with Crippen molar-refractivity contribution in [2.75, 3.05) is 13.3 Å². The Morgan fingerprint density at radius 1 is 1.48 bits per heavy atom. The first kappa shape index (κ1) is 16.9. The van der Waals surface area contributed by atoms with Gasteiger partial charge in [0.05, 0.1) is 11.5 Å². The maximum absolute atomic E-state index is 11.9. The number of amides is 1. The van der Waals surface area contributed by atoms with Crippen LogP contribution in [-0.2, 0) is 20.4 Å². The maximum atomic E-state index is 11.9. The second-order valence-corrected chi connectivity index (χ2v) is 5.93. The molecule has 0 aliphatic rings. The number of nitro benzene ring substituents is 1. The smallest absolute Gasteiger partial charge is 0.404 e.